The second-order valence-corrected chi connectivity index (χ2v) is 10.6. The Morgan fingerprint density at radius 3 is 1.95 bits per heavy atom. The number of nitrogens with zero attached hydrogens (tertiary/aromatic N) is 1. The van der Waals surface area contributed by atoms with Crippen molar-refractivity contribution in [2.24, 2.45) is 0 Å². The van der Waals surface area contributed by atoms with Gasteiger partial charge in [-0.05, 0) is 66.1 Å². The van der Waals surface area contributed by atoms with E-state index in [2.05, 4.69) is 0 Å². The fourth-order valence-electron chi connectivity index (χ4n) is 4.46. The maximum Gasteiger partial charge on any atom is 0.338 e. The molecular weight excluding hydrogens is 498 g/mol. The smallest absolute Gasteiger partial charge is 0.338 e. The lowest BCUT2D eigenvalue weighted by molar-refractivity contribution is -0.148. The van der Waals surface area contributed by atoms with Crippen molar-refractivity contribution in [1.82, 2.24) is 4.31 Å². The summed E-state index contributed by atoms with van der Waals surface area (Å²) in [5.41, 5.74) is 2.39. The highest BCUT2D eigenvalue weighted by atomic mass is 32.2. The molecule has 9 nitrogen and oxygen atoms in total. The van der Waals surface area contributed by atoms with Gasteiger partial charge in [0.15, 0.2) is 0 Å². The van der Waals surface area contributed by atoms with E-state index in [9.17, 15) is 22.8 Å². The zero-order valence-corrected chi connectivity index (χ0v) is 21.8. The Bertz CT molecular complexity index is 1500. The number of esters is 3. The number of sulfonamides is 1. The summed E-state index contributed by atoms with van der Waals surface area (Å²) < 4.78 is 43.3. The Hall–Kier alpha value is -3.76. The molecule has 1 aliphatic rings. The first-order valence-corrected chi connectivity index (χ1v) is 13.1. The number of methoxy groups -OCH3 is 2. The van der Waals surface area contributed by atoms with Gasteiger partial charge in [0.05, 0.1) is 36.8 Å². The predicted octanol–water partition coefficient (Wildman–Crippen LogP) is 3.40. The third kappa shape index (κ3) is 4.94. The first-order valence-electron chi connectivity index (χ1n) is 11.6. The lowest BCUT2D eigenvalue weighted by atomic mass is 9.91. The molecule has 1 aliphatic heterocycles. The third-order valence-corrected chi connectivity index (χ3v) is 8.25. The van der Waals surface area contributed by atoms with Crippen LogP contribution in [-0.4, -0.2) is 57.5 Å². The van der Waals surface area contributed by atoms with E-state index in [1.165, 1.54) is 38.5 Å². The van der Waals surface area contributed by atoms with Crippen molar-refractivity contribution in [1.29, 1.82) is 0 Å². The van der Waals surface area contributed by atoms with Gasteiger partial charge in [-0.15, -0.1) is 0 Å². The minimum absolute atomic E-state index is 0.0335. The van der Waals surface area contributed by atoms with Gasteiger partial charge in [-0.2, -0.15) is 4.31 Å². The second-order valence-electron chi connectivity index (χ2n) is 8.68. The summed E-state index contributed by atoms with van der Waals surface area (Å²) in [6, 6.07) is 12.0. The summed E-state index contributed by atoms with van der Waals surface area (Å²) in [4.78, 5) is 37.7. The van der Waals surface area contributed by atoms with Gasteiger partial charge in [0.1, 0.15) is 6.04 Å². The Kier molecular flexibility index (Phi) is 7.33. The van der Waals surface area contributed by atoms with Gasteiger partial charge in [0.25, 0.3) is 0 Å². The minimum Gasteiger partial charge on any atom is -0.465 e. The molecule has 0 saturated carbocycles. The van der Waals surface area contributed by atoms with Gasteiger partial charge in [-0.25, -0.2) is 18.0 Å². The lowest BCUT2D eigenvalue weighted by Gasteiger charge is -2.34. The number of ether oxygens (including phenoxy) is 3. The van der Waals surface area contributed by atoms with E-state index in [-0.39, 0.29) is 35.6 Å². The topological polar surface area (TPSA) is 116 Å². The highest BCUT2D eigenvalue weighted by Gasteiger charge is 2.40. The maximum atomic E-state index is 13.6. The molecule has 1 heterocycles. The molecule has 4 rings (SSSR count). The van der Waals surface area contributed by atoms with Crippen molar-refractivity contribution in [2.75, 3.05) is 20.8 Å². The summed E-state index contributed by atoms with van der Waals surface area (Å²) >= 11 is 0. The van der Waals surface area contributed by atoms with Crippen LogP contribution in [0.3, 0.4) is 0 Å². The number of carbonyl (C=O) groups excluding carboxylic acids is 3. The summed E-state index contributed by atoms with van der Waals surface area (Å²) in [6.07, 6.45) is 0.0848. The van der Waals surface area contributed by atoms with Crippen molar-refractivity contribution < 1.29 is 37.0 Å². The average molecular weight is 526 g/mol. The predicted molar refractivity (Wildman–Crippen MR) is 135 cm³/mol. The summed E-state index contributed by atoms with van der Waals surface area (Å²) in [7, 11) is -1.61. The SMILES string of the molecule is CCOC(=O)C1Cc2cc3cc(C(=O)OC)c(C(=O)OC)cc3cc2CN1S(=O)(=O)c1ccc(C)cc1. The van der Waals surface area contributed by atoms with Gasteiger partial charge in [0, 0.05) is 13.0 Å². The van der Waals surface area contributed by atoms with Crippen LogP contribution in [0.15, 0.2) is 53.4 Å². The first-order chi connectivity index (χ1) is 17.6. The highest BCUT2D eigenvalue weighted by Crippen LogP contribution is 2.33. The van der Waals surface area contributed by atoms with Gasteiger partial charge in [-0.1, -0.05) is 23.8 Å². The second kappa shape index (κ2) is 10.3. The summed E-state index contributed by atoms with van der Waals surface area (Å²) in [5.74, 6) is -2.04. The number of hydrogen-bond acceptors (Lipinski definition) is 8. The molecule has 194 valence electrons. The summed E-state index contributed by atoms with van der Waals surface area (Å²) in [6.45, 7) is 3.55. The van der Waals surface area contributed by atoms with Crippen LogP contribution in [0.5, 0.6) is 0 Å². The zero-order chi connectivity index (χ0) is 26.9. The molecule has 0 N–H and O–H groups in total. The monoisotopic (exact) mass is 525 g/mol. The van der Waals surface area contributed by atoms with E-state index in [1.54, 1.807) is 31.2 Å². The van der Waals surface area contributed by atoms with E-state index in [4.69, 9.17) is 14.2 Å². The number of hydrogen-bond donors (Lipinski definition) is 0. The quantitative estimate of drug-likeness (QED) is 0.355. The molecule has 0 fully saturated rings. The number of carbonyl (C=O) groups is 3. The van der Waals surface area contributed by atoms with E-state index < -0.39 is 34.0 Å². The summed E-state index contributed by atoms with van der Waals surface area (Å²) in [5, 5.41) is 1.23. The first kappa shape index (κ1) is 26.3. The van der Waals surface area contributed by atoms with E-state index in [1.807, 2.05) is 6.92 Å². The van der Waals surface area contributed by atoms with Gasteiger partial charge >= 0.3 is 17.9 Å². The molecule has 1 atom stereocenters. The van der Waals surface area contributed by atoms with Crippen LogP contribution < -0.4 is 0 Å². The molecule has 0 aliphatic carbocycles. The van der Waals surface area contributed by atoms with Crippen LogP contribution in [0.4, 0.5) is 0 Å². The van der Waals surface area contributed by atoms with Crippen molar-refractivity contribution in [3.8, 4) is 0 Å². The van der Waals surface area contributed by atoms with E-state index in [0.717, 1.165) is 15.4 Å². The molecule has 0 aromatic heterocycles. The standard InChI is InChI=1S/C27H27NO8S/c1-5-36-27(31)24-14-19-10-17-12-22(25(29)34-3)23(26(30)35-4)13-18(17)11-20(19)15-28(24)37(32,33)21-8-6-16(2)7-9-21/h6-13,24H,5,14-15H2,1-4H3. The molecule has 1 unspecified atom stereocenters. The molecule has 37 heavy (non-hydrogen) atoms. The van der Waals surface area contributed by atoms with Crippen LogP contribution in [0.2, 0.25) is 0 Å². The van der Waals surface area contributed by atoms with Gasteiger partial charge < -0.3 is 14.2 Å². The number of aryl methyl sites for hydroxylation is 1. The maximum absolute atomic E-state index is 13.6. The van der Waals surface area contributed by atoms with Crippen LogP contribution in [0.1, 0.15) is 44.3 Å². The number of rotatable bonds is 6. The molecule has 3 aromatic rings. The Balaban J connectivity index is 1.86. The van der Waals surface area contributed by atoms with Gasteiger partial charge in [-0.3, -0.25) is 4.79 Å². The van der Waals surface area contributed by atoms with Crippen LogP contribution in [-0.2, 0) is 42.0 Å². The third-order valence-electron chi connectivity index (χ3n) is 6.38. The fraction of sp³-hybridized carbons (Fsp3) is 0.296. The molecule has 0 spiro atoms. The minimum atomic E-state index is -4.04. The van der Waals surface area contributed by atoms with Crippen LogP contribution >= 0.6 is 0 Å². The van der Waals surface area contributed by atoms with Crippen LogP contribution in [0, 0.1) is 6.92 Å². The van der Waals surface area contributed by atoms with E-state index >= 15 is 0 Å². The molecule has 0 amide bonds. The van der Waals surface area contributed by atoms with Crippen molar-refractivity contribution >= 4 is 38.7 Å². The molecule has 0 radical (unpaired) electrons. The molecular formula is C27H27NO8S. The average Bonchev–Trinajstić information content (AvgIpc) is 2.89. The highest BCUT2D eigenvalue weighted by molar-refractivity contribution is 7.89. The fourth-order valence-corrected chi connectivity index (χ4v) is 6.02. The normalized spacial score (nSPS) is 15.6. The number of fused-ring (bicyclic) bond motifs is 2. The molecule has 10 heteroatoms. The Morgan fingerprint density at radius 2 is 1.43 bits per heavy atom. The lowest BCUT2D eigenvalue weighted by Crippen LogP contribution is -2.49. The molecule has 3 aromatic carbocycles. The zero-order valence-electron chi connectivity index (χ0n) is 20.9. The van der Waals surface area contributed by atoms with Crippen molar-refractivity contribution in [3.05, 3.63) is 76.3 Å². The molecule has 0 saturated heterocycles. The molecule has 0 bridgehead atoms. The van der Waals surface area contributed by atoms with Gasteiger partial charge in [0.2, 0.25) is 10.0 Å². The Morgan fingerprint density at radius 1 is 0.892 bits per heavy atom. The van der Waals surface area contributed by atoms with Crippen molar-refractivity contribution in [2.45, 2.75) is 37.8 Å². The Labute approximate surface area is 215 Å². The number of benzene rings is 3. The van der Waals surface area contributed by atoms with Crippen LogP contribution in [0.25, 0.3) is 10.8 Å². The largest absolute Gasteiger partial charge is 0.465 e. The van der Waals surface area contributed by atoms with Crippen molar-refractivity contribution in [3.63, 3.8) is 0 Å². The van der Waals surface area contributed by atoms with E-state index in [0.29, 0.717) is 16.3 Å².